The lowest BCUT2D eigenvalue weighted by atomic mass is 9.70. The first-order valence-corrected chi connectivity index (χ1v) is 8.94. The average molecular weight is 265 g/mol. The molecule has 1 N–H and O–H groups in total. The molecule has 1 nitrogen and oxygen atoms in total. The van der Waals surface area contributed by atoms with Crippen LogP contribution in [0.1, 0.15) is 78.6 Å². The SMILES string of the molecule is CCCNC1CCC(C(C)C)CC1CC1CCCC1. The molecule has 0 aromatic carbocycles. The molecule has 3 atom stereocenters. The zero-order valence-corrected chi connectivity index (χ0v) is 13.5. The number of hydrogen-bond donors (Lipinski definition) is 1. The van der Waals surface area contributed by atoms with Crippen LogP contribution in [0.2, 0.25) is 0 Å². The van der Waals surface area contributed by atoms with Gasteiger partial charge >= 0.3 is 0 Å². The average Bonchev–Trinajstić information content (AvgIpc) is 2.90. The summed E-state index contributed by atoms with van der Waals surface area (Å²) >= 11 is 0. The normalized spacial score (nSPS) is 33.2. The van der Waals surface area contributed by atoms with E-state index in [0.717, 1.165) is 29.7 Å². The van der Waals surface area contributed by atoms with Crippen LogP contribution < -0.4 is 5.32 Å². The van der Waals surface area contributed by atoms with E-state index in [1.54, 1.807) is 0 Å². The van der Waals surface area contributed by atoms with E-state index < -0.39 is 0 Å². The third-order valence-electron chi connectivity index (χ3n) is 5.73. The first-order chi connectivity index (χ1) is 9.20. The maximum atomic E-state index is 3.85. The fourth-order valence-electron chi connectivity index (χ4n) is 4.44. The molecule has 2 aliphatic rings. The van der Waals surface area contributed by atoms with Crippen molar-refractivity contribution in [3.8, 4) is 0 Å². The molecule has 0 aliphatic heterocycles. The van der Waals surface area contributed by atoms with Gasteiger partial charge in [-0.25, -0.2) is 0 Å². The summed E-state index contributed by atoms with van der Waals surface area (Å²) in [5.41, 5.74) is 0. The first-order valence-electron chi connectivity index (χ1n) is 8.94. The Balaban J connectivity index is 1.89. The molecule has 2 saturated carbocycles. The highest BCUT2D eigenvalue weighted by molar-refractivity contribution is 4.87. The summed E-state index contributed by atoms with van der Waals surface area (Å²) in [5.74, 6) is 3.90. The van der Waals surface area contributed by atoms with Crippen molar-refractivity contribution in [1.82, 2.24) is 5.32 Å². The molecule has 112 valence electrons. The minimum absolute atomic E-state index is 0.829. The van der Waals surface area contributed by atoms with E-state index in [4.69, 9.17) is 0 Å². The van der Waals surface area contributed by atoms with Crippen molar-refractivity contribution in [2.24, 2.45) is 23.7 Å². The predicted molar refractivity (Wildman–Crippen MR) is 84.3 cm³/mol. The van der Waals surface area contributed by atoms with Crippen LogP contribution >= 0.6 is 0 Å². The molecule has 0 aromatic rings. The van der Waals surface area contributed by atoms with Gasteiger partial charge in [0.2, 0.25) is 0 Å². The van der Waals surface area contributed by atoms with E-state index in [0.29, 0.717) is 0 Å². The van der Waals surface area contributed by atoms with Crippen molar-refractivity contribution in [3.05, 3.63) is 0 Å². The van der Waals surface area contributed by atoms with E-state index in [9.17, 15) is 0 Å². The molecule has 2 fully saturated rings. The van der Waals surface area contributed by atoms with Crippen molar-refractivity contribution >= 4 is 0 Å². The second kappa shape index (κ2) is 7.67. The lowest BCUT2D eigenvalue weighted by molar-refractivity contribution is 0.146. The van der Waals surface area contributed by atoms with Crippen molar-refractivity contribution in [1.29, 1.82) is 0 Å². The van der Waals surface area contributed by atoms with Crippen LogP contribution in [0.25, 0.3) is 0 Å². The molecule has 3 unspecified atom stereocenters. The van der Waals surface area contributed by atoms with E-state index in [-0.39, 0.29) is 0 Å². The van der Waals surface area contributed by atoms with Crippen LogP contribution in [0.15, 0.2) is 0 Å². The second-order valence-electron chi connectivity index (χ2n) is 7.52. The molecule has 2 aliphatic carbocycles. The summed E-state index contributed by atoms with van der Waals surface area (Å²) in [5, 5.41) is 3.85. The lowest BCUT2D eigenvalue weighted by Gasteiger charge is -2.39. The van der Waals surface area contributed by atoms with Crippen LogP contribution in [-0.4, -0.2) is 12.6 Å². The molecule has 19 heavy (non-hydrogen) atoms. The highest BCUT2D eigenvalue weighted by Crippen LogP contribution is 2.40. The van der Waals surface area contributed by atoms with Gasteiger partial charge in [-0.2, -0.15) is 0 Å². The van der Waals surface area contributed by atoms with E-state index in [2.05, 4.69) is 26.1 Å². The zero-order valence-electron chi connectivity index (χ0n) is 13.5. The van der Waals surface area contributed by atoms with E-state index in [1.807, 2.05) is 0 Å². The lowest BCUT2D eigenvalue weighted by Crippen LogP contribution is -2.42. The van der Waals surface area contributed by atoms with Crippen molar-refractivity contribution in [2.45, 2.75) is 84.6 Å². The van der Waals surface area contributed by atoms with Gasteiger partial charge in [0.25, 0.3) is 0 Å². The van der Waals surface area contributed by atoms with Crippen LogP contribution in [0.4, 0.5) is 0 Å². The maximum absolute atomic E-state index is 3.85. The second-order valence-corrected chi connectivity index (χ2v) is 7.52. The minimum Gasteiger partial charge on any atom is -0.314 e. The van der Waals surface area contributed by atoms with Gasteiger partial charge < -0.3 is 5.32 Å². The smallest absolute Gasteiger partial charge is 0.00956 e. The number of nitrogens with one attached hydrogen (secondary N) is 1. The summed E-state index contributed by atoms with van der Waals surface area (Å²) in [6.45, 7) is 8.37. The topological polar surface area (TPSA) is 12.0 Å². The van der Waals surface area contributed by atoms with E-state index >= 15 is 0 Å². The predicted octanol–water partition coefficient (Wildman–Crippen LogP) is 5.01. The van der Waals surface area contributed by atoms with Gasteiger partial charge in [0, 0.05) is 6.04 Å². The summed E-state index contributed by atoms with van der Waals surface area (Å²) in [7, 11) is 0. The Morgan fingerprint density at radius 2 is 1.79 bits per heavy atom. The number of rotatable bonds is 6. The van der Waals surface area contributed by atoms with Gasteiger partial charge in [-0.05, 0) is 62.3 Å². The summed E-state index contributed by atoms with van der Waals surface area (Å²) in [6, 6.07) is 0.829. The minimum atomic E-state index is 0.829. The van der Waals surface area contributed by atoms with Crippen molar-refractivity contribution in [2.75, 3.05) is 6.54 Å². The quantitative estimate of drug-likeness (QED) is 0.712. The Labute approximate surface area is 120 Å². The molecule has 2 rings (SSSR count). The third-order valence-corrected chi connectivity index (χ3v) is 5.73. The zero-order chi connectivity index (χ0) is 13.7. The molecular weight excluding hydrogens is 230 g/mol. The highest BCUT2D eigenvalue weighted by atomic mass is 14.9. The van der Waals surface area contributed by atoms with Gasteiger partial charge in [0.15, 0.2) is 0 Å². The molecule has 0 radical (unpaired) electrons. The third kappa shape index (κ3) is 4.48. The standard InChI is InChI=1S/C18H35N/c1-4-11-19-18-10-9-16(14(2)3)13-17(18)12-15-7-5-6-8-15/h14-19H,4-13H2,1-3H3. The Bertz CT molecular complexity index is 240. The first kappa shape index (κ1) is 15.4. The molecule has 0 spiro atoms. The van der Waals surface area contributed by atoms with Crippen LogP contribution in [0.5, 0.6) is 0 Å². The molecular formula is C18H35N. The maximum Gasteiger partial charge on any atom is 0.00956 e. The molecule has 0 amide bonds. The van der Waals surface area contributed by atoms with E-state index in [1.165, 1.54) is 64.3 Å². The van der Waals surface area contributed by atoms with Crippen LogP contribution in [0, 0.1) is 23.7 Å². The fourth-order valence-corrected chi connectivity index (χ4v) is 4.44. The Morgan fingerprint density at radius 3 is 2.42 bits per heavy atom. The van der Waals surface area contributed by atoms with Crippen molar-refractivity contribution < 1.29 is 0 Å². The monoisotopic (exact) mass is 265 g/mol. The summed E-state index contributed by atoms with van der Waals surface area (Å²) < 4.78 is 0. The number of hydrogen-bond acceptors (Lipinski definition) is 1. The largest absolute Gasteiger partial charge is 0.314 e. The van der Waals surface area contributed by atoms with Crippen molar-refractivity contribution in [3.63, 3.8) is 0 Å². The molecule has 1 heteroatoms. The molecule has 0 saturated heterocycles. The van der Waals surface area contributed by atoms with Crippen LogP contribution in [0.3, 0.4) is 0 Å². The van der Waals surface area contributed by atoms with Gasteiger partial charge in [0.05, 0.1) is 0 Å². The Kier molecular flexibility index (Phi) is 6.19. The summed E-state index contributed by atoms with van der Waals surface area (Å²) in [6.07, 6.45) is 13.2. The Morgan fingerprint density at radius 1 is 1.05 bits per heavy atom. The highest BCUT2D eigenvalue weighted by Gasteiger charge is 2.33. The van der Waals surface area contributed by atoms with Gasteiger partial charge in [-0.3, -0.25) is 0 Å². The molecule has 0 aromatic heterocycles. The molecule has 0 bridgehead atoms. The fraction of sp³-hybridized carbons (Fsp3) is 1.00. The molecule has 0 heterocycles. The Hall–Kier alpha value is -0.0400. The van der Waals surface area contributed by atoms with Gasteiger partial charge in [0.1, 0.15) is 0 Å². The van der Waals surface area contributed by atoms with Gasteiger partial charge in [-0.15, -0.1) is 0 Å². The van der Waals surface area contributed by atoms with Crippen LogP contribution in [-0.2, 0) is 0 Å². The summed E-state index contributed by atoms with van der Waals surface area (Å²) in [4.78, 5) is 0. The van der Waals surface area contributed by atoms with Gasteiger partial charge in [-0.1, -0.05) is 46.5 Å².